The highest BCUT2D eigenvalue weighted by Crippen LogP contribution is 2.39. The van der Waals surface area contributed by atoms with Crippen LogP contribution in [0.2, 0.25) is 0 Å². The van der Waals surface area contributed by atoms with E-state index < -0.39 is 17.9 Å². The summed E-state index contributed by atoms with van der Waals surface area (Å²) < 4.78 is 56.7. The number of piperidine rings is 1. The Balaban J connectivity index is 1.73. The number of nitrogens with zero attached hydrogens (tertiary/aromatic N) is 5. The molecule has 2 aromatic heterocycles. The third-order valence-electron chi connectivity index (χ3n) is 5.15. The minimum absolute atomic E-state index is 0.0695. The summed E-state index contributed by atoms with van der Waals surface area (Å²) in [5.41, 5.74) is -0.463. The number of aromatic nitrogens is 4. The van der Waals surface area contributed by atoms with E-state index in [1.807, 2.05) is 11.8 Å². The number of benzene rings is 1. The first-order valence-electron chi connectivity index (χ1n) is 9.45. The minimum Gasteiger partial charge on any atom is -0.350 e. The van der Waals surface area contributed by atoms with Crippen molar-refractivity contribution >= 4 is 27.4 Å². The van der Waals surface area contributed by atoms with Gasteiger partial charge in [0.05, 0.1) is 17.3 Å². The van der Waals surface area contributed by atoms with Crippen molar-refractivity contribution in [2.24, 2.45) is 0 Å². The number of halogens is 5. The number of rotatable bonds is 4. The van der Waals surface area contributed by atoms with Gasteiger partial charge in [-0.2, -0.15) is 13.2 Å². The number of hydrogen-bond donors (Lipinski definition) is 1. The minimum atomic E-state index is -4.56. The second kappa shape index (κ2) is 8.10. The van der Waals surface area contributed by atoms with Crippen molar-refractivity contribution in [3.8, 4) is 11.3 Å². The van der Waals surface area contributed by atoms with Gasteiger partial charge in [0.25, 0.3) is 0 Å². The lowest BCUT2D eigenvalue weighted by Gasteiger charge is -2.34. The Morgan fingerprint density at radius 3 is 2.77 bits per heavy atom. The molecule has 3 heterocycles. The highest BCUT2D eigenvalue weighted by Gasteiger charge is 2.35. The molecule has 0 bridgehead atoms. The molecule has 0 saturated carbocycles. The summed E-state index contributed by atoms with van der Waals surface area (Å²) in [6.07, 6.45) is -2.31. The third kappa shape index (κ3) is 4.13. The van der Waals surface area contributed by atoms with Gasteiger partial charge in [0, 0.05) is 35.6 Å². The molecule has 1 aliphatic rings. The van der Waals surface area contributed by atoms with Gasteiger partial charge in [-0.1, -0.05) is 28.9 Å². The van der Waals surface area contributed by atoms with Crippen molar-refractivity contribution < 1.29 is 17.6 Å². The molecule has 0 amide bonds. The van der Waals surface area contributed by atoms with Crippen molar-refractivity contribution in [1.82, 2.24) is 24.5 Å². The van der Waals surface area contributed by atoms with Gasteiger partial charge in [-0.15, -0.1) is 10.2 Å². The fraction of sp³-hybridized carbons (Fsp3) is 0.421. The average Bonchev–Trinajstić information content (AvgIpc) is 3.18. The normalized spacial score (nSPS) is 20.6. The summed E-state index contributed by atoms with van der Waals surface area (Å²) in [5.74, 6) is 0.312. The van der Waals surface area contributed by atoms with Gasteiger partial charge in [0.2, 0.25) is 5.95 Å². The number of likely N-dealkylation sites (tertiary alicyclic amines) is 1. The zero-order chi connectivity index (χ0) is 21.5. The second-order valence-electron chi connectivity index (χ2n) is 7.24. The van der Waals surface area contributed by atoms with Crippen LogP contribution < -0.4 is 5.32 Å². The van der Waals surface area contributed by atoms with E-state index in [-0.39, 0.29) is 17.3 Å². The molecule has 4 rings (SSSR count). The van der Waals surface area contributed by atoms with Crippen molar-refractivity contribution in [3.63, 3.8) is 0 Å². The first-order chi connectivity index (χ1) is 14.3. The number of alkyl halides is 4. The Bertz CT molecular complexity index is 1050. The van der Waals surface area contributed by atoms with E-state index in [1.165, 1.54) is 24.7 Å². The summed E-state index contributed by atoms with van der Waals surface area (Å²) in [6, 6.07) is 3.69. The molecule has 11 heteroatoms. The van der Waals surface area contributed by atoms with Crippen LogP contribution in [0.1, 0.15) is 18.9 Å². The molecule has 1 aliphatic heterocycles. The Hall–Kier alpha value is -2.27. The Labute approximate surface area is 178 Å². The molecule has 1 unspecified atom stereocenters. The molecule has 1 N–H and O–H groups in total. The maximum Gasteiger partial charge on any atom is 0.417 e. The molecule has 1 aromatic carbocycles. The summed E-state index contributed by atoms with van der Waals surface area (Å²) in [7, 11) is 0. The molecule has 0 aliphatic carbocycles. The van der Waals surface area contributed by atoms with E-state index in [2.05, 4.69) is 36.4 Å². The highest BCUT2D eigenvalue weighted by atomic mass is 79.9. The fourth-order valence-electron chi connectivity index (χ4n) is 3.75. The van der Waals surface area contributed by atoms with Crippen LogP contribution in [0.5, 0.6) is 0 Å². The van der Waals surface area contributed by atoms with Crippen molar-refractivity contribution in [3.05, 3.63) is 40.8 Å². The van der Waals surface area contributed by atoms with Crippen LogP contribution in [-0.2, 0) is 6.18 Å². The van der Waals surface area contributed by atoms with Crippen LogP contribution in [-0.4, -0.2) is 56.3 Å². The number of anilines is 1. The standard InChI is InChI=1S/C19H19BrF4N6/c1-2-29-8-12(21)6-13(9-29)26-18-28-27-17(16-7-25-10-30(16)18)14-4-3-11(20)5-15(14)19(22,23)24/h3-5,7,10,12-13H,2,6,8-9H2,1H3,(H,26,28)/t12-,13?/m1/s1. The summed E-state index contributed by atoms with van der Waals surface area (Å²) in [5, 5.41) is 11.4. The Morgan fingerprint density at radius 1 is 1.23 bits per heavy atom. The first kappa shape index (κ1) is 21.0. The molecular weight excluding hydrogens is 468 g/mol. The monoisotopic (exact) mass is 486 g/mol. The maximum absolute atomic E-state index is 14.1. The van der Waals surface area contributed by atoms with Gasteiger partial charge in [-0.05, 0) is 18.7 Å². The van der Waals surface area contributed by atoms with Gasteiger partial charge in [-0.3, -0.25) is 9.30 Å². The van der Waals surface area contributed by atoms with Gasteiger partial charge in [0.1, 0.15) is 18.2 Å². The summed E-state index contributed by atoms with van der Waals surface area (Å²) in [4.78, 5) is 6.06. The van der Waals surface area contributed by atoms with E-state index >= 15 is 0 Å². The van der Waals surface area contributed by atoms with E-state index in [0.717, 1.165) is 12.6 Å². The number of nitrogens with one attached hydrogen (secondary N) is 1. The lowest BCUT2D eigenvalue weighted by atomic mass is 10.0. The molecule has 6 nitrogen and oxygen atoms in total. The Kier molecular flexibility index (Phi) is 5.67. The van der Waals surface area contributed by atoms with Gasteiger partial charge in [0.15, 0.2) is 0 Å². The quantitative estimate of drug-likeness (QED) is 0.553. The predicted molar refractivity (Wildman–Crippen MR) is 108 cm³/mol. The van der Waals surface area contributed by atoms with E-state index in [9.17, 15) is 17.6 Å². The number of likely N-dealkylation sites (N-methyl/N-ethyl adjacent to an activating group) is 1. The zero-order valence-corrected chi connectivity index (χ0v) is 17.6. The fourth-order valence-corrected chi connectivity index (χ4v) is 4.11. The predicted octanol–water partition coefficient (Wildman–Crippen LogP) is 4.42. The zero-order valence-electron chi connectivity index (χ0n) is 16.0. The average molecular weight is 487 g/mol. The van der Waals surface area contributed by atoms with Gasteiger partial charge in [-0.25, -0.2) is 9.37 Å². The third-order valence-corrected chi connectivity index (χ3v) is 5.65. The smallest absolute Gasteiger partial charge is 0.350 e. The second-order valence-corrected chi connectivity index (χ2v) is 8.15. The molecule has 160 valence electrons. The molecule has 1 saturated heterocycles. The summed E-state index contributed by atoms with van der Waals surface area (Å²) >= 11 is 3.09. The number of hydrogen-bond acceptors (Lipinski definition) is 5. The van der Waals surface area contributed by atoms with Gasteiger partial charge >= 0.3 is 6.18 Å². The molecule has 0 spiro atoms. The Morgan fingerprint density at radius 2 is 2.03 bits per heavy atom. The van der Waals surface area contributed by atoms with E-state index in [0.29, 0.717) is 35.4 Å². The van der Waals surface area contributed by atoms with Crippen molar-refractivity contribution in [2.45, 2.75) is 31.7 Å². The molecule has 2 atom stereocenters. The van der Waals surface area contributed by atoms with Crippen LogP contribution in [0.25, 0.3) is 16.8 Å². The van der Waals surface area contributed by atoms with Crippen molar-refractivity contribution in [1.29, 1.82) is 0 Å². The summed E-state index contributed by atoms with van der Waals surface area (Å²) in [6.45, 7) is 3.73. The number of imidazole rings is 1. The lowest BCUT2D eigenvalue weighted by Crippen LogP contribution is -2.47. The topological polar surface area (TPSA) is 58.3 Å². The molecule has 3 aromatic rings. The van der Waals surface area contributed by atoms with E-state index in [1.54, 1.807) is 4.40 Å². The largest absolute Gasteiger partial charge is 0.417 e. The lowest BCUT2D eigenvalue weighted by molar-refractivity contribution is -0.137. The van der Waals surface area contributed by atoms with Crippen molar-refractivity contribution in [2.75, 3.05) is 25.0 Å². The highest BCUT2D eigenvalue weighted by molar-refractivity contribution is 9.10. The SMILES string of the molecule is CCN1CC(Nc2nnc(-c3ccc(Br)cc3C(F)(F)F)c3cncn23)C[C@@H](F)C1. The molecule has 30 heavy (non-hydrogen) atoms. The van der Waals surface area contributed by atoms with Crippen LogP contribution in [0.3, 0.4) is 0 Å². The molecule has 0 radical (unpaired) electrons. The van der Waals surface area contributed by atoms with Crippen LogP contribution in [0.15, 0.2) is 35.2 Å². The first-order valence-corrected chi connectivity index (χ1v) is 10.2. The van der Waals surface area contributed by atoms with Gasteiger partial charge < -0.3 is 5.32 Å². The van der Waals surface area contributed by atoms with Crippen LogP contribution in [0.4, 0.5) is 23.5 Å². The van der Waals surface area contributed by atoms with E-state index in [4.69, 9.17) is 0 Å². The van der Waals surface area contributed by atoms with Crippen LogP contribution >= 0.6 is 15.9 Å². The maximum atomic E-state index is 14.1. The molecular formula is C19H19BrF4N6. The molecule has 1 fully saturated rings. The van der Waals surface area contributed by atoms with Crippen LogP contribution in [0, 0.1) is 0 Å². The number of fused-ring (bicyclic) bond motifs is 1.